The van der Waals surface area contributed by atoms with E-state index < -0.39 is 0 Å². The number of amides is 1. The highest BCUT2D eigenvalue weighted by Crippen LogP contribution is 2.14. The van der Waals surface area contributed by atoms with Crippen LogP contribution in [-0.4, -0.2) is 43.9 Å². The highest BCUT2D eigenvalue weighted by atomic mass is 16.2. The van der Waals surface area contributed by atoms with Gasteiger partial charge in [-0.25, -0.2) is 10.4 Å². The number of hydrazine groups is 1. The van der Waals surface area contributed by atoms with Crippen molar-refractivity contribution < 1.29 is 4.79 Å². The number of benzene rings is 1. The van der Waals surface area contributed by atoms with Crippen LogP contribution < -0.4 is 5.43 Å². The lowest BCUT2D eigenvalue weighted by Gasteiger charge is -2.21. The van der Waals surface area contributed by atoms with Gasteiger partial charge in [0.2, 0.25) is 0 Å². The zero-order valence-electron chi connectivity index (χ0n) is 17.7. The molecule has 4 rings (SSSR count). The standard InChI is InChI=1S/C21H24N6O.C2H6/c28-21(27-13-3-10-25-27)18-7-5-17(6-8-18)14-26(16-20-23-11-12-24-20)15-19-4-1-2-9-22-19;1-2/h1-2,4-9,11-12,25H,3,10,13-16H2,(H,23,24);1-2H3. The molecular weight excluding hydrogens is 376 g/mol. The van der Waals surface area contributed by atoms with E-state index in [1.54, 1.807) is 11.2 Å². The van der Waals surface area contributed by atoms with Crippen LogP contribution in [0.15, 0.2) is 61.1 Å². The first-order chi connectivity index (χ1) is 14.8. The van der Waals surface area contributed by atoms with Crippen LogP contribution in [0, 0.1) is 0 Å². The molecule has 2 aromatic heterocycles. The van der Waals surface area contributed by atoms with E-state index in [2.05, 4.69) is 25.3 Å². The van der Waals surface area contributed by atoms with E-state index in [9.17, 15) is 4.79 Å². The van der Waals surface area contributed by atoms with Crippen molar-refractivity contribution in [2.75, 3.05) is 13.1 Å². The Morgan fingerprint density at radius 1 is 1.03 bits per heavy atom. The monoisotopic (exact) mass is 406 g/mol. The van der Waals surface area contributed by atoms with Gasteiger partial charge in [0.1, 0.15) is 5.82 Å². The second-order valence-corrected chi connectivity index (χ2v) is 6.92. The van der Waals surface area contributed by atoms with E-state index in [1.165, 1.54) is 0 Å². The maximum atomic E-state index is 12.5. The van der Waals surface area contributed by atoms with E-state index in [4.69, 9.17) is 0 Å². The molecule has 0 unspecified atom stereocenters. The van der Waals surface area contributed by atoms with Crippen LogP contribution in [0.1, 0.15) is 47.7 Å². The minimum atomic E-state index is 0.0324. The minimum Gasteiger partial charge on any atom is -0.348 e. The van der Waals surface area contributed by atoms with Crippen LogP contribution in [-0.2, 0) is 19.6 Å². The van der Waals surface area contributed by atoms with Crippen molar-refractivity contribution >= 4 is 5.91 Å². The van der Waals surface area contributed by atoms with Gasteiger partial charge in [-0.1, -0.05) is 32.0 Å². The minimum absolute atomic E-state index is 0.0324. The number of H-pyrrole nitrogens is 1. The molecule has 7 nitrogen and oxygen atoms in total. The molecule has 7 heteroatoms. The van der Waals surface area contributed by atoms with Crippen molar-refractivity contribution in [3.8, 4) is 0 Å². The Labute approximate surface area is 178 Å². The summed E-state index contributed by atoms with van der Waals surface area (Å²) < 4.78 is 0. The summed E-state index contributed by atoms with van der Waals surface area (Å²) in [6.45, 7) is 7.79. The SMILES string of the molecule is CC.O=C(c1ccc(CN(Cc2ccccn2)Cc2ncc[nH]2)cc1)N1CCCN1. The summed E-state index contributed by atoms with van der Waals surface area (Å²) in [5.74, 6) is 0.952. The zero-order chi connectivity index (χ0) is 21.2. The maximum Gasteiger partial charge on any atom is 0.267 e. The average molecular weight is 407 g/mol. The normalized spacial score (nSPS) is 13.2. The molecule has 158 valence electrons. The summed E-state index contributed by atoms with van der Waals surface area (Å²) in [7, 11) is 0. The number of carbonyl (C=O) groups excluding carboxylic acids is 1. The lowest BCUT2D eigenvalue weighted by molar-refractivity contribution is 0.0726. The molecule has 0 radical (unpaired) electrons. The third kappa shape index (κ3) is 5.98. The molecule has 0 aliphatic carbocycles. The lowest BCUT2D eigenvalue weighted by Crippen LogP contribution is -2.36. The van der Waals surface area contributed by atoms with Gasteiger partial charge in [-0.05, 0) is 36.2 Å². The van der Waals surface area contributed by atoms with E-state index in [-0.39, 0.29) is 5.91 Å². The summed E-state index contributed by atoms with van der Waals surface area (Å²) in [4.78, 5) is 26.7. The zero-order valence-corrected chi connectivity index (χ0v) is 17.7. The molecule has 3 aromatic rings. The van der Waals surface area contributed by atoms with Gasteiger partial charge in [0.15, 0.2) is 0 Å². The fourth-order valence-corrected chi connectivity index (χ4v) is 3.36. The van der Waals surface area contributed by atoms with Gasteiger partial charge in [0, 0.05) is 50.3 Å². The molecular formula is C23H30N6O. The van der Waals surface area contributed by atoms with Crippen LogP contribution in [0.25, 0.3) is 0 Å². The molecule has 2 N–H and O–H groups in total. The van der Waals surface area contributed by atoms with E-state index in [1.807, 2.05) is 68.7 Å². The van der Waals surface area contributed by atoms with Crippen molar-refractivity contribution in [3.63, 3.8) is 0 Å². The van der Waals surface area contributed by atoms with Crippen molar-refractivity contribution in [1.82, 2.24) is 30.3 Å². The topological polar surface area (TPSA) is 77.2 Å². The molecule has 1 fully saturated rings. The first-order valence-electron chi connectivity index (χ1n) is 10.5. The number of carbonyl (C=O) groups is 1. The van der Waals surface area contributed by atoms with Gasteiger partial charge in [-0.15, -0.1) is 0 Å². The fraction of sp³-hybridized carbons (Fsp3) is 0.348. The Balaban J connectivity index is 0.00000124. The smallest absolute Gasteiger partial charge is 0.267 e. The number of nitrogens with one attached hydrogen (secondary N) is 2. The fourth-order valence-electron chi connectivity index (χ4n) is 3.36. The highest BCUT2D eigenvalue weighted by Gasteiger charge is 2.19. The first kappa shape index (κ1) is 21.7. The summed E-state index contributed by atoms with van der Waals surface area (Å²) in [5.41, 5.74) is 5.98. The Morgan fingerprint density at radius 3 is 2.50 bits per heavy atom. The Morgan fingerprint density at radius 2 is 1.87 bits per heavy atom. The van der Waals surface area contributed by atoms with E-state index in [0.29, 0.717) is 12.1 Å². The van der Waals surface area contributed by atoms with Gasteiger partial charge in [-0.2, -0.15) is 0 Å². The number of aromatic nitrogens is 3. The first-order valence-corrected chi connectivity index (χ1v) is 10.5. The second-order valence-electron chi connectivity index (χ2n) is 6.92. The molecule has 1 aliphatic rings. The van der Waals surface area contributed by atoms with Crippen molar-refractivity contribution in [3.05, 3.63) is 83.7 Å². The lowest BCUT2D eigenvalue weighted by atomic mass is 10.1. The number of imidazole rings is 1. The van der Waals surface area contributed by atoms with E-state index >= 15 is 0 Å². The van der Waals surface area contributed by atoms with Crippen molar-refractivity contribution in [1.29, 1.82) is 0 Å². The number of rotatable bonds is 7. The summed E-state index contributed by atoms with van der Waals surface area (Å²) >= 11 is 0. The quantitative estimate of drug-likeness (QED) is 0.629. The molecule has 0 saturated carbocycles. The van der Waals surface area contributed by atoms with Crippen LogP contribution >= 0.6 is 0 Å². The van der Waals surface area contributed by atoms with Gasteiger partial charge >= 0.3 is 0 Å². The predicted molar refractivity (Wildman–Crippen MR) is 117 cm³/mol. The molecule has 3 heterocycles. The summed E-state index contributed by atoms with van der Waals surface area (Å²) in [6.07, 6.45) is 6.41. The number of aromatic amines is 1. The third-order valence-electron chi connectivity index (χ3n) is 4.75. The molecule has 0 atom stereocenters. The van der Waals surface area contributed by atoms with Gasteiger partial charge in [-0.3, -0.25) is 19.7 Å². The van der Waals surface area contributed by atoms with E-state index in [0.717, 1.165) is 49.7 Å². The second kappa shape index (κ2) is 11.2. The van der Waals surface area contributed by atoms with Crippen LogP contribution in [0.4, 0.5) is 0 Å². The van der Waals surface area contributed by atoms with Crippen LogP contribution in [0.5, 0.6) is 0 Å². The largest absolute Gasteiger partial charge is 0.348 e. The number of nitrogens with zero attached hydrogens (tertiary/aromatic N) is 4. The Bertz CT molecular complexity index is 874. The van der Waals surface area contributed by atoms with Gasteiger partial charge in [0.25, 0.3) is 5.91 Å². The summed E-state index contributed by atoms with van der Waals surface area (Å²) in [5, 5.41) is 1.69. The Kier molecular flexibility index (Phi) is 8.11. The highest BCUT2D eigenvalue weighted by molar-refractivity contribution is 5.94. The average Bonchev–Trinajstić information content (AvgIpc) is 3.50. The van der Waals surface area contributed by atoms with Gasteiger partial charge in [0.05, 0.1) is 12.2 Å². The Hall–Kier alpha value is -3.03. The molecule has 0 bridgehead atoms. The summed E-state index contributed by atoms with van der Waals surface area (Å²) in [6, 6.07) is 13.8. The molecule has 1 saturated heterocycles. The third-order valence-corrected chi connectivity index (χ3v) is 4.75. The predicted octanol–water partition coefficient (Wildman–Crippen LogP) is 3.38. The van der Waals surface area contributed by atoms with Crippen LogP contribution in [0.3, 0.4) is 0 Å². The van der Waals surface area contributed by atoms with Crippen LogP contribution in [0.2, 0.25) is 0 Å². The number of pyridine rings is 1. The van der Waals surface area contributed by atoms with Gasteiger partial charge < -0.3 is 4.98 Å². The molecule has 1 amide bonds. The molecule has 1 aliphatic heterocycles. The van der Waals surface area contributed by atoms with Crippen molar-refractivity contribution in [2.45, 2.75) is 39.9 Å². The maximum absolute atomic E-state index is 12.5. The number of hydrogen-bond acceptors (Lipinski definition) is 5. The number of hydrogen-bond donors (Lipinski definition) is 2. The molecule has 1 aromatic carbocycles. The molecule has 0 spiro atoms. The molecule has 30 heavy (non-hydrogen) atoms. The van der Waals surface area contributed by atoms with Crippen molar-refractivity contribution in [2.24, 2.45) is 0 Å².